The Labute approximate surface area is 177 Å². The van der Waals surface area contributed by atoms with E-state index in [2.05, 4.69) is 66.0 Å². The smallest absolute Gasteiger partial charge is 0.407 e. The molecular formula is C25H28N2O3. The van der Waals surface area contributed by atoms with Crippen LogP contribution in [0.25, 0.3) is 0 Å². The van der Waals surface area contributed by atoms with Crippen LogP contribution in [0.1, 0.15) is 42.7 Å². The molecule has 2 amide bonds. The summed E-state index contributed by atoms with van der Waals surface area (Å²) in [6.45, 7) is 2.02. The third-order valence-corrected chi connectivity index (χ3v) is 7.11. The molecular weight excluding hydrogens is 376 g/mol. The minimum Gasteiger partial charge on any atom is -0.447 e. The van der Waals surface area contributed by atoms with Crippen LogP contribution in [0, 0.1) is 11.8 Å². The average Bonchev–Trinajstić information content (AvgIpc) is 3.17. The van der Waals surface area contributed by atoms with E-state index in [-0.39, 0.29) is 23.5 Å². The van der Waals surface area contributed by atoms with Crippen LogP contribution in [0.5, 0.6) is 0 Å². The van der Waals surface area contributed by atoms with Crippen molar-refractivity contribution in [2.24, 2.45) is 11.8 Å². The van der Waals surface area contributed by atoms with E-state index in [9.17, 15) is 9.59 Å². The predicted molar refractivity (Wildman–Crippen MR) is 114 cm³/mol. The Bertz CT molecular complexity index is 861. The van der Waals surface area contributed by atoms with Crippen molar-refractivity contribution in [1.82, 2.24) is 10.2 Å². The number of hydrogen-bond acceptors (Lipinski definition) is 3. The molecule has 2 aromatic carbocycles. The second kappa shape index (κ2) is 7.78. The summed E-state index contributed by atoms with van der Waals surface area (Å²) in [7, 11) is 0. The maximum atomic E-state index is 13.0. The van der Waals surface area contributed by atoms with Crippen LogP contribution in [0.4, 0.5) is 4.79 Å². The minimum atomic E-state index is -0.352. The van der Waals surface area contributed by atoms with Gasteiger partial charge in [0, 0.05) is 24.9 Å². The Balaban J connectivity index is 1.23. The summed E-state index contributed by atoms with van der Waals surface area (Å²) in [4.78, 5) is 26.4. The second-order valence-corrected chi connectivity index (χ2v) is 9.05. The Morgan fingerprint density at radius 3 is 2.03 bits per heavy atom. The number of piperidine rings is 1. The van der Waals surface area contributed by atoms with Gasteiger partial charge in [0.25, 0.3) is 0 Å². The molecule has 0 atom stereocenters. The maximum absolute atomic E-state index is 13.0. The van der Waals surface area contributed by atoms with E-state index in [1.54, 1.807) is 0 Å². The Hall–Kier alpha value is -2.82. The van der Waals surface area contributed by atoms with Gasteiger partial charge in [-0.1, -0.05) is 60.7 Å². The van der Waals surface area contributed by atoms with Gasteiger partial charge < -0.3 is 15.0 Å². The fourth-order valence-corrected chi connectivity index (χ4v) is 5.54. The molecule has 3 fully saturated rings. The summed E-state index contributed by atoms with van der Waals surface area (Å²) >= 11 is 0. The van der Waals surface area contributed by atoms with Crippen molar-refractivity contribution >= 4 is 12.0 Å². The molecule has 5 rings (SSSR count). The molecule has 1 aliphatic carbocycles. The van der Waals surface area contributed by atoms with Crippen molar-refractivity contribution in [3.8, 4) is 0 Å². The van der Waals surface area contributed by atoms with Crippen molar-refractivity contribution in [1.29, 1.82) is 0 Å². The van der Waals surface area contributed by atoms with Gasteiger partial charge in [0.15, 0.2) is 0 Å². The summed E-state index contributed by atoms with van der Waals surface area (Å²) in [5.41, 5.74) is 2.42. The molecule has 0 aromatic heterocycles. The van der Waals surface area contributed by atoms with E-state index in [0.29, 0.717) is 31.3 Å². The zero-order chi connectivity index (χ0) is 20.6. The fourth-order valence-electron chi connectivity index (χ4n) is 5.54. The van der Waals surface area contributed by atoms with Gasteiger partial charge in [-0.2, -0.15) is 0 Å². The quantitative estimate of drug-likeness (QED) is 0.840. The molecule has 2 aromatic rings. The number of nitrogens with zero attached hydrogens (tertiary/aromatic N) is 1. The van der Waals surface area contributed by atoms with Gasteiger partial charge in [-0.15, -0.1) is 0 Å². The molecule has 2 heterocycles. The van der Waals surface area contributed by atoms with Crippen LogP contribution < -0.4 is 5.32 Å². The number of nitrogens with one attached hydrogen (secondary N) is 1. The number of ether oxygens (including phenoxy) is 1. The molecule has 5 heteroatoms. The molecule has 1 saturated carbocycles. The first-order chi connectivity index (χ1) is 14.6. The fraction of sp³-hybridized carbons (Fsp3) is 0.440. The second-order valence-electron chi connectivity index (χ2n) is 9.05. The van der Waals surface area contributed by atoms with Crippen LogP contribution in [-0.2, 0) is 9.53 Å². The van der Waals surface area contributed by atoms with Crippen LogP contribution in [0.15, 0.2) is 60.7 Å². The first-order valence-corrected chi connectivity index (χ1v) is 11.0. The summed E-state index contributed by atoms with van der Waals surface area (Å²) in [6.07, 6.45) is 3.08. The molecule has 3 aliphatic rings. The number of carbonyl (C=O) groups is 2. The van der Waals surface area contributed by atoms with E-state index < -0.39 is 0 Å². The summed E-state index contributed by atoms with van der Waals surface area (Å²) < 4.78 is 5.03. The molecule has 1 N–H and O–H groups in total. The summed E-state index contributed by atoms with van der Waals surface area (Å²) in [5.74, 6) is 1.15. The van der Waals surface area contributed by atoms with E-state index in [1.807, 2.05) is 4.90 Å². The molecule has 1 spiro atoms. The van der Waals surface area contributed by atoms with Crippen molar-refractivity contribution in [3.05, 3.63) is 71.8 Å². The zero-order valence-corrected chi connectivity index (χ0v) is 17.1. The van der Waals surface area contributed by atoms with E-state index in [1.165, 1.54) is 11.1 Å². The molecule has 0 bridgehead atoms. The average molecular weight is 405 g/mol. The third-order valence-electron chi connectivity index (χ3n) is 7.11. The van der Waals surface area contributed by atoms with E-state index in [0.717, 1.165) is 25.9 Å². The Morgan fingerprint density at radius 1 is 0.967 bits per heavy atom. The highest BCUT2D eigenvalue weighted by molar-refractivity contribution is 5.81. The zero-order valence-electron chi connectivity index (χ0n) is 17.1. The van der Waals surface area contributed by atoms with Gasteiger partial charge in [-0.05, 0) is 42.7 Å². The van der Waals surface area contributed by atoms with E-state index in [4.69, 9.17) is 4.74 Å². The van der Waals surface area contributed by atoms with Crippen molar-refractivity contribution in [3.63, 3.8) is 0 Å². The molecule has 2 aliphatic heterocycles. The number of likely N-dealkylation sites (tertiary alicyclic amines) is 1. The lowest BCUT2D eigenvalue weighted by Crippen LogP contribution is -2.58. The SMILES string of the molecule is O=C1N[C@]2(CO1)C[C@H](C(=O)N1CCC(C(c3ccccc3)c3ccccc3)CC1)C2. The molecule has 0 radical (unpaired) electrons. The van der Waals surface area contributed by atoms with E-state index >= 15 is 0 Å². The number of benzene rings is 2. The van der Waals surface area contributed by atoms with Crippen molar-refractivity contribution < 1.29 is 14.3 Å². The van der Waals surface area contributed by atoms with Gasteiger partial charge in [0.1, 0.15) is 6.61 Å². The topological polar surface area (TPSA) is 58.6 Å². The normalized spacial score (nSPS) is 26.4. The van der Waals surface area contributed by atoms with Crippen LogP contribution in [0.3, 0.4) is 0 Å². The number of carbonyl (C=O) groups excluding carboxylic acids is 2. The number of alkyl carbamates (subject to hydrolysis) is 1. The first kappa shape index (κ1) is 19.2. The van der Waals surface area contributed by atoms with Gasteiger partial charge in [-0.25, -0.2) is 4.79 Å². The van der Waals surface area contributed by atoms with Gasteiger partial charge in [0.05, 0.1) is 5.54 Å². The number of cyclic esters (lactones) is 1. The summed E-state index contributed by atoms with van der Waals surface area (Å²) in [5, 5.41) is 2.88. The molecule has 156 valence electrons. The largest absolute Gasteiger partial charge is 0.447 e. The molecule has 0 unspecified atom stereocenters. The number of hydrogen-bond donors (Lipinski definition) is 1. The maximum Gasteiger partial charge on any atom is 0.407 e. The van der Waals surface area contributed by atoms with Crippen molar-refractivity contribution in [2.75, 3.05) is 19.7 Å². The highest BCUT2D eigenvalue weighted by Gasteiger charge is 2.53. The standard InChI is InChI=1S/C25H28N2O3/c28-23(21-15-25(16-21)17-30-24(29)26-25)27-13-11-20(12-14-27)22(18-7-3-1-4-8-18)19-9-5-2-6-10-19/h1-10,20-22H,11-17H2,(H,26,29)/t21-,25+. The monoisotopic (exact) mass is 404 g/mol. The Morgan fingerprint density at radius 2 is 1.53 bits per heavy atom. The van der Waals surface area contributed by atoms with Crippen LogP contribution in [0.2, 0.25) is 0 Å². The van der Waals surface area contributed by atoms with Gasteiger partial charge >= 0.3 is 6.09 Å². The van der Waals surface area contributed by atoms with Crippen molar-refractivity contribution in [2.45, 2.75) is 37.1 Å². The predicted octanol–water partition coefficient (Wildman–Crippen LogP) is 3.95. The molecule has 5 nitrogen and oxygen atoms in total. The molecule has 30 heavy (non-hydrogen) atoms. The lowest BCUT2D eigenvalue weighted by molar-refractivity contribution is -0.142. The third kappa shape index (κ3) is 3.57. The van der Waals surface area contributed by atoms with Crippen LogP contribution >= 0.6 is 0 Å². The lowest BCUT2D eigenvalue weighted by atomic mass is 9.68. The number of amides is 2. The van der Waals surface area contributed by atoms with Gasteiger partial charge in [-0.3, -0.25) is 4.79 Å². The van der Waals surface area contributed by atoms with Crippen LogP contribution in [-0.4, -0.2) is 42.1 Å². The number of rotatable bonds is 4. The first-order valence-electron chi connectivity index (χ1n) is 11.0. The summed E-state index contributed by atoms with van der Waals surface area (Å²) in [6, 6.07) is 21.5. The Kier molecular flexibility index (Phi) is 4.97. The minimum absolute atomic E-state index is 0.0163. The molecule has 2 saturated heterocycles. The highest BCUT2D eigenvalue weighted by Crippen LogP contribution is 2.43. The lowest BCUT2D eigenvalue weighted by Gasteiger charge is -2.45. The van der Waals surface area contributed by atoms with Gasteiger partial charge in [0.2, 0.25) is 5.91 Å². The highest BCUT2D eigenvalue weighted by atomic mass is 16.6.